The van der Waals surface area contributed by atoms with Gasteiger partial charge >= 0.3 is 0 Å². The Morgan fingerprint density at radius 2 is 1.73 bits per heavy atom. The molecule has 0 bridgehead atoms. The Morgan fingerprint density at radius 1 is 1.00 bits per heavy atom. The zero-order chi connectivity index (χ0) is 20.8. The minimum atomic E-state index is 0.0721. The topological polar surface area (TPSA) is 62.5 Å². The van der Waals surface area contributed by atoms with Crippen LogP contribution >= 0.6 is 0 Å². The highest BCUT2D eigenvalue weighted by atomic mass is 16.4. The molecule has 1 aliphatic rings. The molecule has 1 aliphatic heterocycles. The first-order valence-electron chi connectivity index (χ1n) is 10.7. The summed E-state index contributed by atoms with van der Waals surface area (Å²) in [6.07, 6.45) is 4.56. The molecule has 3 aromatic rings. The number of amides is 1. The summed E-state index contributed by atoms with van der Waals surface area (Å²) in [5, 5.41) is 8.18. The molecule has 0 spiro atoms. The van der Waals surface area contributed by atoms with Crippen molar-refractivity contribution in [1.29, 1.82) is 0 Å². The quantitative estimate of drug-likeness (QED) is 0.587. The molecular weight excluding hydrogens is 376 g/mol. The van der Waals surface area contributed by atoms with Gasteiger partial charge in [-0.1, -0.05) is 36.4 Å². The maximum absolute atomic E-state index is 12.7. The van der Waals surface area contributed by atoms with Crippen molar-refractivity contribution in [1.82, 2.24) is 15.1 Å². The van der Waals surface area contributed by atoms with Crippen molar-refractivity contribution >= 4 is 11.6 Å². The smallest absolute Gasteiger partial charge is 0.247 e. The molecule has 2 heterocycles. The predicted octanol–water partition coefficient (Wildman–Crippen LogP) is 4.32. The highest BCUT2D eigenvalue weighted by Crippen LogP contribution is 2.25. The zero-order valence-corrected chi connectivity index (χ0v) is 17.5. The molecule has 6 heteroatoms. The summed E-state index contributed by atoms with van der Waals surface area (Å²) in [6.45, 7) is 2.79. The van der Waals surface area contributed by atoms with Gasteiger partial charge in [0, 0.05) is 50.8 Å². The van der Waals surface area contributed by atoms with E-state index in [1.807, 2.05) is 43.4 Å². The fourth-order valence-corrected chi connectivity index (χ4v) is 3.89. The normalized spacial score (nSPS) is 14.0. The highest BCUT2D eigenvalue weighted by molar-refractivity contribution is 5.76. The lowest BCUT2D eigenvalue weighted by Gasteiger charge is -2.31. The van der Waals surface area contributed by atoms with E-state index in [2.05, 4.69) is 33.3 Å². The number of para-hydroxylation sites is 1. The summed E-state index contributed by atoms with van der Waals surface area (Å²) >= 11 is 0. The number of nitrogens with zero attached hydrogens (tertiary/aromatic N) is 4. The summed E-state index contributed by atoms with van der Waals surface area (Å²) in [6, 6.07) is 18.1. The summed E-state index contributed by atoms with van der Waals surface area (Å²) < 4.78 is 5.72. The lowest BCUT2D eigenvalue weighted by molar-refractivity contribution is -0.130. The van der Waals surface area contributed by atoms with E-state index in [-0.39, 0.29) is 5.91 Å². The van der Waals surface area contributed by atoms with Crippen LogP contribution in [0.4, 0.5) is 5.69 Å². The number of benzene rings is 2. The van der Waals surface area contributed by atoms with Crippen LogP contribution in [0.25, 0.3) is 11.5 Å². The molecule has 0 saturated carbocycles. The lowest BCUT2D eigenvalue weighted by Crippen LogP contribution is -2.32. The largest absolute Gasteiger partial charge is 0.421 e. The fourth-order valence-electron chi connectivity index (χ4n) is 3.89. The van der Waals surface area contributed by atoms with Crippen LogP contribution in [0.3, 0.4) is 0 Å². The molecule has 0 aliphatic carbocycles. The van der Waals surface area contributed by atoms with Crippen molar-refractivity contribution in [3.8, 4) is 11.5 Å². The SMILES string of the molecule is CN(Cc1ccccc1N1CCCCC1)C(=O)CCc1nnc(-c2ccccc2)o1. The standard InChI is InChI=1S/C24H28N4O2/c1-27(18-20-12-6-7-13-21(20)28-16-8-3-9-17-28)23(29)15-14-22-25-26-24(30-22)19-10-4-2-5-11-19/h2,4-7,10-13H,3,8-9,14-18H2,1H3. The third-order valence-electron chi connectivity index (χ3n) is 5.56. The van der Waals surface area contributed by atoms with Gasteiger partial charge in [0.15, 0.2) is 0 Å². The number of carbonyl (C=O) groups excluding carboxylic acids is 1. The monoisotopic (exact) mass is 404 g/mol. The van der Waals surface area contributed by atoms with Crippen LogP contribution in [0.1, 0.15) is 37.1 Å². The molecule has 1 saturated heterocycles. The van der Waals surface area contributed by atoms with Crippen molar-refractivity contribution < 1.29 is 9.21 Å². The van der Waals surface area contributed by atoms with Crippen LogP contribution < -0.4 is 4.90 Å². The molecule has 2 aromatic carbocycles. The highest BCUT2D eigenvalue weighted by Gasteiger charge is 2.17. The Morgan fingerprint density at radius 3 is 2.53 bits per heavy atom. The number of aryl methyl sites for hydroxylation is 1. The van der Waals surface area contributed by atoms with Crippen LogP contribution in [0.5, 0.6) is 0 Å². The average molecular weight is 405 g/mol. The van der Waals surface area contributed by atoms with E-state index < -0.39 is 0 Å². The molecule has 6 nitrogen and oxygen atoms in total. The van der Waals surface area contributed by atoms with Gasteiger partial charge in [-0.05, 0) is 43.0 Å². The van der Waals surface area contributed by atoms with Gasteiger partial charge in [-0.2, -0.15) is 0 Å². The average Bonchev–Trinajstić information content (AvgIpc) is 3.28. The first kappa shape index (κ1) is 20.1. The third-order valence-corrected chi connectivity index (χ3v) is 5.56. The Balaban J connectivity index is 1.34. The van der Waals surface area contributed by atoms with Crippen molar-refractivity contribution in [2.45, 2.75) is 38.6 Å². The second-order valence-corrected chi connectivity index (χ2v) is 7.79. The molecule has 30 heavy (non-hydrogen) atoms. The Kier molecular flexibility index (Phi) is 6.42. The van der Waals surface area contributed by atoms with Crippen molar-refractivity contribution in [3.63, 3.8) is 0 Å². The van der Waals surface area contributed by atoms with Crippen LogP contribution in [0.2, 0.25) is 0 Å². The number of rotatable bonds is 7. The molecular formula is C24H28N4O2. The lowest BCUT2D eigenvalue weighted by atomic mass is 10.1. The predicted molar refractivity (Wildman–Crippen MR) is 117 cm³/mol. The number of anilines is 1. The maximum atomic E-state index is 12.7. The Labute approximate surface area is 177 Å². The minimum Gasteiger partial charge on any atom is -0.421 e. The molecule has 0 atom stereocenters. The van der Waals surface area contributed by atoms with Gasteiger partial charge in [0.1, 0.15) is 0 Å². The minimum absolute atomic E-state index is 0.0721. The van der Waals surface area contributed by atoms with Crippen LogP contribution in [-0.4, -0.2) is 41.1 Å². The summed E-state index contributed by atoms with van der Waals surface area (Å²) in [5.74, 6) is 1.05. The van der Waals surface area contributed by atoms with E-state index in [4.69, 9.17) is 4.42 Å². The van der Waals surface area contributed by atoms with Gasteiger partial charge in [0.2, 0.25) is 17.7 Å². The summed E-state index contributed by atoms with van der Waals surface area (Å²) in [4.78, 5) is 16.9. The number of hydrogen-bond acceptors (Lipinski definition) is 5. The van der Waals surface area contributed by atoms with Gasteiger partial charge in [0.05, 0.1) is 0 Å². The number of aromatic nitrogens is 2. The Hall–Kier alpha value is -3.15. The van der Waals surface area contributed by atoms with Crippen LogP contribution in [-0.2, 0) is 17.8 Å². The van der Waals surface area contributed by atoms with Gasteiger partial charge < -0.3 is 14.2 Å². The van der Waals surface area contributed by atoms with Gasteiger partial charge in [0.25, 0.3) is 0 Å². The molecule has 0 unspecified atom stereocenters. The van der Waals surface area contributed by atoms with E-state index in [0.717, 1.165) is 18.7 Å². The number of carbonyl (C=O) groups is 1. The first-order valence-corrected chi connectivity index (χ1v) is 10.7. The van der Waals surface area contributed by atoms with E-state index in [1.54, 1.807) is 4.90 Å². The zero-order valence-electron chi connectivity index (χ0n) is 17.5. The molecule has 1 fully saturated rings. The fraction of sp³-hybridized carbons (Fsp3) is 0.375. The summed E-state index contributed by atoms with van der Waals surface area (Å²) in [7, 11) is 1.86. The van der Waals surface area contributed by atoms with E-state index in [0.29, 0.717) is 31.2 Å². The number of hydrogen-bond donors (Lipinski definition) is 0. The molecule has 1 amide bonds. The molecule has 0 N–H and O–H groups in total. The van der Waals surface area contributed by atoms with Crippen molar-refractivity contribution in [2.24, 2.45) is 0 Å². The molecule has 1 aromatic heterocycles. The van der Waals surface area contributed by atoms with E-state index >= 15 is 0 Å². The molecule has 156 valence electrons. The third kappa shape index (κ3) is 4.87. The van der Waals surface area contributed by atoms with E-state index in [9.17, 15) is 4.79 Å². The summed E-state index contributed by atoms with van der Waals surface area (Å²) in [5.41, 5.74) is 3.33. The second kappa shape index (κ2) is 9.57. The first-order chi connectivity index (χ1) is 14.7. The van der Waals surface area contributed by atoms with Crippen molar-refractivity contribution in [2.75, 3.05) is 25.0 Å². The maximum Gasteiger partial charge on any atom is 0.247 e. The second-order valence-electron chi connectivity index (χ2n) is 7.79. The van der Waals surface area contributed by atoms with Gasteiger partial charge in [-0.3, -0.25) is 4.79 Å². The van der Waals surface area contributed by atoms with Crippen LogP contribution in [0.15, 0.2) is 59.0 Å². The molecule has 0 radical (unpaired) electrons. The van der Waals surface area contributed by atoms with Gasteiger partial charge in [-0.25, -0.2) is 0 Å². The van der Waals surface area contributed by atoms with Crippen molar-refractivity contribution in [3.05, 3.63) is 66.1 Å². The molecule has 4 rings (SSSR count). The van der Waals surface area contributed by atoms with Gasteiger partial charge in [-0.15, -0.1) is 10.2 Å². The van der Waals surface area contributed by atoms with E-state index in [1.165, 1.54) is 30.5 Å². The van der Waals surface area contributed by atoms with Crippen LogP contribution in [0, 0.1) is 0 Å². The Bertz CT molecular complexity index is 964. The number of piperidine rings is 1.